The van der Waals surface area contributed by atoms with Crippen LogP contribution in [0.5, 0.6) is 0 Å². The molecule has 26 heavy (non-hydrogen) atoms. The third kappa shape index (κ3) is 6.53. The van der Waals surface area contributed by atoms with E-state index in [1.54, 1.807) is 0 Å². The minimum absolute atomic E-state index is 0.0341. The number of carboxylic acids is 1. The molecule has 0 aromatic heterocycles. The first kappa shape index (κ1) is 21.1. The van der Waals surface area contributed by atoms with Crippen molar-refractivity contribution in [2.45, 2.75) is 76.1 Å². The highest BCUT2D eigenvalue weighted by molar-refractivity contribution is 5.66. The third-order valence-electron chi connectivity index (χ3n) is 5.81. The molecule has 1 heterocycles. The summed E-state index contributed by atoms with van der Waals surface area (Å²) in [6, 6.07) is 0. The molecule has 148 valence electrons. The zero-order valence-corrected chi connectivity index (χ0v) is 15.6. The molecule has 1 aliphatic carbocycles. The molecule has 5 heteroatoms. The summed E-state index contributed by atoms with van der Waals surface area (Å²) in [6.07, 6.45) is 11.8. The summed E-state index contributed by atoms with van der Waals surface area (Å²) in [6.45, 7) is 4.35. The van der Waals surface area contributed by atoms with E-state index < -0.39 is 18.2 Å². The van der Waals surface area contributed by atoms with Crippen LogP contribution >= 0.6 is 0 Å². The highest BCUT2D eigenvalue weighted by Gasteiger charge is 2.43. The molecule has 0 radical (unpaired) electrons. The van der Waals surface area contributed by atoms with Crippen LogP contribution in [0.1, 0.15) is 57.8 Å². The number of aliphatic hydroxyl groups excluding tert-OH is 2. The summed E-state index contributed by atoms with van der Waals surface area (Å²) in [4.78, 5) is 10.7. The van der Waals surface area contributed by atoms with Crippen molar-refractivity contribution in [3.05, 3.63) is 24.8 Å². The summed E-state index contributed by atoms with van der Waals surface area (Å²) >= 11 is 0. The molecule has 6 atom stereocenters. The van der Waals surface area contributed by atoms with Gasteiger partial charge in [0.25, 0.3) is 0 Å². The smallest absolute Gasteiger partial charge is 0.303 e. The maximum atomic E-state index is 10.7. The van der Waals surface area contributed by atoms with Crippen molar-refractivity contribution >= 4 is 5.97 Å². The van der Waals surface area contributed by atoms with E-state index in [0.29, 0.717) is 31.8 Å². The van der Waals surface area contributed by atoms with Gasteiger partial charge in [-0.2, -0.15) is 0 Å². The number of carbonyl (C=O) groups is 1. The molecule has 0 bridgehead atoms. The molecule has 0 spiro atoms. The first-order valence-electron chi connectivity index (χ1n) is 10.00. The number of hydrogen-bond acceptors (Lipinski definition) is 4. The number of ether oxygens (including phenoxy) is 1. The van der Waals surface area contributed by atoms with E-state index in [9.17, 15) is 15.0 Å². The third-order valence-corrected chi connectivity index (χ3v) is 5.81. The SMILES string of the molecule is C=CCCC[C@@H](O)/C=C/[C@@H]1[C@H]2CC[C@H](CCCC(=O)O)CO[C@H]2C[C@H]1O. The molecule has 5 nitrogen and oxygen atoms in total. The second kappa shape index (κ2) is 10.9. The summed E-state index contributed by atoms with van der Waals surface area (Å²) in [5, 5.41) is 29.3. The summed E-state index contributed by atoms with van der Waals surface area (Å²) in [7, 11) is 0. The minimum atomic E-state index is -0.739. The molecule has 0 unspecified atom stereocenters. The van der Waals surface area contributed by atoms with Crippen LogP contribution in [0.4, 0.5) is 0 Å². The van der Waals surface area contributed by atoms with Gasteiger partial charge in [-0.1, -0.05) is 18.2 Å². The Labute approximate surface area is 156 Å². The summed E-state index contributed by atoms with van der Waals surface area (Å²) in [5.41, 5.74) is 0. The lowest BCUT2D eigenvalue weighted by molar-refractivity contribution is -0.137. The molecule has 1 saturated heterocycles. The highest BCUT2D eigenvalue weighted by Crippen LogP contribution is 2.42. The standard InChI is InChI=1S/C21H34O5/c1-2-3-4-7-16(22)10-12-17-18-11-9-15(6-5-8-21(24)25)14-26-20(18)13-19(17)23/h2,10,12,15-20,22-23H,1,3-9,11,13-14H2,(H,24,25)/b12-10+/t15-,16+,17+,18+,19+,20-/m0/s1. The van der Waals surface area contributed by atoms with Gasteiger partial charge < -0.3 is 20.1 Å². The fraction of sp³-hybridized carbons (Fsp3) is 0.762. The van der Waals surface area contributed by atoms with E-state index in [2.05, 4.69) is 6.58 Å². The Balaban J connectivity index is 1.84. The van der Waals surface area contributed by atoms with Gasteiger partial charge in [-0.3, -0.25) is 4.79 Å². The fourth-order valence-corrected chi connectivity index (χ4v) is 4.31. The van der Waals surface area contributed by atoms with Crippen molar-refractivity contribution in [2.75, 3.05) is 6.61 Å². The number of allylic oxidation sites excluding steroid dienone is 1. The largest absolute Gasteiger partial charge is 0.481 e. The van der Waals surface area contributed by atoms with Gasteiger partial charge in [0.05, 0.1) is 18.3 Å². The molecule has 2 aliphatic rings. The van der Waals surface area contributed by atoms with E-state index in [-0.39, 0.29) is 24.4 Å². The molecule has 3 N–H and O–H groups in total. The summed E-state index contributed by atoms with van der Waals surface area (Å²) in [5.74, 6) is -0.0134. The Morgan fingerprint density at radius 1 is 1.31 bits per heavy atom. The van der Waals surface area contributed by atoms with Gasteiger partial charge in [0.1, 0.15) is 0 Å². The topological polar surface area (TPSA) is 87.0 Å². The Morgan fingerprint density at radius 2 is 2.12 bits per heavy atom. The Kier molecular flexibility index (Phi) is 8.82. The molecular formula is C21H34O5. The number of hydrogen-bond donors (Lipinski definition) is 3. The van der Waals surface area contributed by atoms with Gasteiger partial charge in [0.15, 0.2) is 0 Å². The molecule has 0 aromatic carbocycles. The average Bonchev–Trinajstić information content (AvgIpc) is 2.75. The van der Waals surface area contributed by atoms with Gasteiger partial charge in [0.2, 0.25) is 0 Å². The van der Waals surface area contributed by atoms with E-state index in [1.165, 1.54) is 0 Å². The lowest BCUT2D eigenvalue weighted by Crippen LogP contribution is -2.21. The second-order valence-corrected chi connectivity index (χ2v) is 7.82. The zero-order chi connectivity index (χ0) is 18.9. The van der Waals surface area contributed by atoms with Crippen molar-refractivity contribution < 1.29 is 24.9 Å². The van der Waals surface area contributed by atoms with Gasteiger partial charge >= 0.3 is 5.97 Å². The van der Waals surface area contributed by atoms with Gasteiger partial charge in [0, 0.05) is 25.4 Å². The zero-order valence-electron chi connectivity index (χ0n) is 15.6. The molecule has 2 fully saturated rings. The number of carboxylic acid groups (broad SMARTS) is 1. The van der Waals surface area contributed by atoms with Crippen LogP contribution < -0.4 is 0 Å². The minimum Gasteiger partial charge on any atom is -0.481 e. The average molecular weight is 366 g/mol. The van der Waals surface area contributed by atoms with Crippen molar-refractivity contribution in [3.63, 3.8) is 0 Å². The molecular weight excluding hydrogens is 332 g/mol. The predicted octanol–water partition coefficient (Wildman–Crippen LogP) is 3.31. The molecule has 1 saturated carbocycles. The van der Waals surface area contributed by atoms with Crippen molar-refractivity contribution in [3.8, 4) is 0 Å². The molecule has 0 amide bonds. The lowest BCUT2D eigenvalue weighted by atomic mass is 9.86. The number of aliphatic carboxylic acids is 1. The molecule has 2 rings (SSSR count). The molecule has 1 aliphatic heterocycles. The Bertz CT molecular complexity index is 475. The van der Waals surface area contributed by atoms with E-state index in [1.807, 2.05) is 18.2 Å². The van der Waals surface area contributed by atoms with E-state index in [4.69, 9.17) is 9.84 Å². The van der Waals surface area contributed by atoms with Crippen LogP contribution in [0, 0.1) is 17.8 Å². The Morgan fingerprint density at radius 3 is 2.85 bits per heavy atom. The lowest BCUT2D eigenvalue weighted by Gasteiger charge is -2.21. The number of aliphatic hydroxyl groups is 2. The first-order valence-corrected chi connectivity index (χ1v) is 10.00. The predicted molar refractivity (Wildman–Crippen MR) is 101 cm³/mol. The van der Waals surface area contributed by atoms with Crippen molar-refractivity contribution in [1.29, 1.82) is 0 Å². The maximum absolute atomic E-state index is 10.7. The van der Waals surface area contributed by atoms with E-state index in [0.717, 1.165) is 32.1 Å². The number of unbranched alkanes of at least 4 members (excludes halogenated alkanes) is 1. The Hall–Kier alpha value is -1.17. The maximum Gasteiger partial charge on any atom is 0.303 e. The van der Waals surface area contributed by atoms with Crippen LogP contribution in [0.2, 0.25) is 0 Å². The van der Waals surface area contributed by atoms with Crippen LogP contribution in [0.3, 0.4) is 0 Å². The van der Waals surface area contributed by atoms with Crippen LogP contribution in [0.15, 0.2) is 24.8 Å². The van der Waals surface area contributed by atoms with Crippen LogP contribution in [-0.4, -0.2) is 46.2 Å². The number of rotatable bonds is 10. The van der Waals surface area contributed by atoms with Crippen molar-refractivity contribution in [1.82, 2.24) is 0 Å². The van der Waals surface area contributed by atoms with Crippen LogP contribution in [-0.2, 0) is 9.53 Å². The van der Waals surface area contributed by atoms with Gasteiger partial charge in [-0.15, -0.1) is 6.58 Å². The number of fused-ring (bicyclic) bond motifs is 1. The monoisotopic (exact) mass is 366 g/mol. The van der Waals surface area contributed by atoms with E-state index >= 15 is 0 Å². The quantitative estimate of drug-likeness (QED) is 0.408. The summed E-state index contributed by atoms with van der Waals surface area (Å²) < 4.78 is 6.07. The normalized spacial score (nSPS) is 32.9. The van der Waals surface area contributed by atoms with Gasteiger partial charge in [-0.25, -0.2) is 0 Å². The first-order chi connectivity index (χ1) is 12.5. The molecule has 0 aromatic rings. The van der Waals surface area contributed by atoms with Crippen molar-refractivity contribution in [2.24, 2.45) is 17.8 Å². The fourth-order valence-electron chi connectivity index (χ4n) is 4.31. The van der Waals surface area contributed by atoms with Crippen LogP contribution in [0.25, 0.3) is 0 Å². The highest BCUT2D eigenvalue weighted by atomic mass is 16.5. The second-order valence-electron chi connectivity index (χ2n) is 7.82. The van der Waals surface area contributed by atoms with Gasteiger partial charge in [-0.05, 0) is 56.8 Å².